The van der Waals surface area contributed by atoms with E-state index in [1.165, 1.54) is 24.3 Å². The maximum atomic E-state index is 11.9. The van der Waals surface area contributed by atoms with E-state index < -0.39 is 12.3 Å². The second kappa shape index (κ2) is 6.09. The van der Waals surface area contributed by atoms with Crippen LogP contribution in [0.4, 0.5) is 13.2 Å². The monoisotopic (exact) mass is 260 g/mol. The fourth-order valence-corrected chi connectivity index (χ4v) is 1.21. The molecule has 98 valence electrons. The van der Waals surface area contributed by atoms with Gasteiger partial charge in [0, 0.05) is 6.42 Å². The molecule has 0 fully saturated rings. The number of hydrogen-bond acceptors (Lipinski definition) is 2. The van der Waals surface area contributed by atoms with E-state index in [1.54, 1.807) is 12.2 Å². The number of rotatable bonds is 5. The number of carbonyl (C=O) groups is 1. The first-order valence-corrected chi connectivity index (χ1v) is 5.11. The lowest BCUT2D eigenvalue weighted by Gasteiger charge is -2.08. The van der Waals surface area contributed by atoms with Gasteiger partial charge in [-0.1, -0.05) is 24.3 Å². The van der Waals surface area contributed by atoms with E-state index in [9.17, 15) is 18.0 Å². The molecule has 6 heteroatoms. The van der Waals surface area contributed by atoms with Crippen molar-refractivity contribution in [3.8, 4) is 5.75 Å². The summed E-state index contributed by atoms with van der Waals surface area (Å²) in [6, 6.07) is 5.31. The fraction of sp³-hybridized carbons (Fsp3) is 0.250. The highest BCUT2D eigenvalue weighted by Crippen LogP contribution is 2.22. The Morgan fingerprint density at radius 1 is 1.28 bits per heavy atom. The van der Waals surface area contributed by atoms with Gasteiger partial charge >= 0.3 is 12.3 Å². The van der Waals surface area contributed by atoms with Gasteiger partial charge in [-0.05, 0) is 24.1 Å². The highest BCUT2D eigenvalue weighted by Gasteiger charge is 2.30. The van der Waals surface area contributed by atoms with Crippen LogP contribution < -0.4 is 4.74 Å². The standard InChI is InChI=1S/C12H11F3O3/c13-12(14,15)18-10-7-5-9(6-8-10)3-1-2-4-11(16)17/h1,3,5-8H,2,4H2,(H,16,17)/b3-1-. The third kappa shape index (κ3) is 5.93. The van der Waals surface area contributed by atoms with E-state index in [0.717, 1.165) is 0 Å². The zero-order valence-corrected chi connectivity index (χ0v) is 9.28. The Labute approximate surface area is 101 Å². The number of aliphatic carboxylic acids is 1. The third-order valence-electron chi connectivity index (χ3n) is 1.95. The molecule has 0 atom stereocenters. The van der Waals surface area contributed by atoms with Crippen molar-refractivity contribution in [3.63, 3.8) is 0 Å². The van der Waals surface area contributed by atoms with Crippen molar-refractivity contribution in [3.05, 3.63) is 35.9 Å². The lowest BCUT2D eigenvalue weighted by Crippen LogP contribution is -2.16. The first kappa shape index (κ1) is 14.1. The van der Waals surface area contributed by atoms with Crippen LogP contribution in [-0.2, 0) is 4.79 Å². The molecule has 0 heterocycles. The molecule has 1 aromatic carbocycles. The predicted molar refractivity (Wildman–Crippen MR) is 59.0 cm³/mol. The Balaban J connectivity index is 2.52. The van der Waals surface area contributed by atoms with Gasteiger partial charge in [-0.2, -0.15) is 0 Å². The average molecular weight is 260 g/mol. The number of halogens is 3. The SMILES string of the molecule is O=C(O)CC/C=C\c1ccc(OC(F)(F)F)cc1. The summed E-state index contributed by atoms with van der Waals surface area (Å²) < 4.78 is 39.3. The molecule has 0 aromatic heterocycles. The van der Waals surface area contributed by atoms with Crippen molar-refractivity contribution in [2.45, 2.75) is 19.2 Å². The summed E-state index contributed by atoms with van der Waals surface area (Å²) in [7, 11) is 0. The van der Waals surface area contributed by atoms with E-state index in [0.29, 0.717) is 12.0 Å². The van der Waals surface area contributed by atoms with Gasteiger partial charge in [-0.25, -0.2) is 0 Å². The second-order valence-corrected chi connectivity index (χ2v) is 3.45. The Morgan fingerprint density at radius 2 is 1.89 bits per heavy atom. The number of carboxylic acid groups (broad SMARTS) is 1. The van der Waals surface area contributed by atoms with Crippen molar-refractivity contribution in [1.82, 2.24) is 0 Å². The summed E-state index contributed by atoms with van der Waals surface area (Å²) >= 11 is 0. The van der Waals surface area contributed by atoms with Crippen molar-refractivity contribution >= 4 is 12.0 Å². The van der Waals surface area contributed by atoms with Crippen LogP contribution in [0.2, 0.25) is 0 Å². The van der Waals surface area contributed by atoms with Crippen LogP contribution in [0.3, 0.4) is 0 Å². The maximum absolute atomic E-state index is 11.9. The molecule has 0 aliphatic heterocycles. The number of carboxylic acids is 1. The highest BCUT2D eigenvalue weighted by molar-refractivity contribution is 5.67. The molecule has 0 aliphatic rings. The Morgan fingerprint density at radius 3 is 2.39 bits per heavy atom. The number of benzene rings is 1. The summed E-state index contributed by atoms with van der Waals surface area (Å²) in [5.74, 6) is -1.18. The molecular formula is C12H11F3O3. The molecule has 0 aliphatic carbocycles. The molecule has 0 saturated heterocycles. The molecule has 0 radical (unpaired) electrons. The van der Waals surface area contributed by atoms with Crippen LogP contribution >= 0.6 is 0 Å². The zero-order chi connectivity index (χ0) is 13.6. The molecule has 0 bridgehead atoms. The summed E-state index contributed by atoms with van der Waals surface area (Å²) in [6.45, 7) is 0. The normalized spacial score (nSPS) is 11.7. The average Bonchev–Trinajstić information content (AvgIpc) is 2.24. The Hall–Kier alpha value is -1.98. The topological polar surface area (TPSA) is 46.5 Å². The molecule has 1 aromatic rings. The maximum Gasteiger partial charge on any atom is 0.573 e. The van der Waals surface area contributed by atoms with E-state index in [2.05, 4.69) is 4.74 Å². The van der Waals surface area contributed by atoms with Crippen LogP contribution in [0.25, 0.3) is 6.08 Å². The van der Waals surface area contributed by atoms with E-state index in [-0.39, 0.29) is 12.2 Å². The Bertz CT molecular complexity index is 421. The zero-order valence-electron chi connectivity index (χ0n) is 9.28. The first-order valence-electron chi connectivity index (χ1n) is 5.11. The van der Waals surface area contributed by atoms with Gasteiger partial charge in [0.1, 0.15) is 5.75 Å². The minimum Gasteiger partial charge on any atom is -0.481 e. The van der Waals surface area contributed by atoms with Crippen molar-refractivity contribution < 1.29 is 27.8 Å². The molecule has 3 nitrogen and oxygen atoms in total. The van der Waals surface area contributed by atoms with Gasteiger partial charge in [0.05, 0.1) is 0 Å². The minimum absolute atomic E-state index is 0.0196. The van der Waals surface area contributed by atoms with Gasteiger partial charge in [-0.3, -0.25) is 4.79 Å². The largest absolute Gasteiger partial charge is 0.573 e. The van der Waals surface area contributed by atoms with Gasteiger partial charge < -0.3 is 9.84 Å². The van der Waals surface area contributed by atoms with E-state index in [1.807, 2.05) is 0 Å². The lowest BCUT2D eigenvalue weighted by molar-refractivity contribution is -0.274. The molecular weight excluding hydrogens is 249 g/mol. The third-order valence-corrected chi connectivity index (χ3v) is 1.95. The minimum atomic E-state index is -4.70. The van der Waals surface area contributed by atoms with Crippen molar-refractivity contribution in [2.75, 3.05) is 0 Å². The van der Waals surface area contributed by atoms with Crippen molar-refractivity contribution in [1.29, 1.82) is 0 Å². The molecule has 18 heavy (non-hydrogen) atoms. The van der Waals surface area contributed by atoms with Crippen LogP contribution in [0.5, 0.6) is 5.75 Å². The number of allylic oxidation sites excluding steroid dienone is 1. The Kier molecular flexibility index (Phi) is 4.76. The van der Waals surface area contributed by atoms with Gasteiger partial charge in [0.25, 0.3) is 0 Å². The molecule has 0 spiro atoms. The highest BCUT2D eigenvalue weighted by atomic mass is 19.4. The molecule has 1 N–H and O–H groups in total. The smallest absolute Gasteiger partial charge is 0.481 e. The van der Waals surface area contributed by atoms with Crippen LogP contribution in [0.15, 0.2) is 30.3 Å². The second-order valence-electron chi connectivity index (χ2n) is 3.45. The number of hydrogen-bond donors (Lipinski definition) is 1. The van der Waals surface area contributed by atoms with Gasteiger partial charge in [-0.15, -0.1) is 13.2 Å². The molecule has 1 rings (SSSR count). The molecule has 0 amide bonds. The van der Waals surface area contributed by atoms with Crippen molar-refractivity contribution in [2.24, 2.45) is 0 Å². The fourth-order valence-electron chi connectivity index (χ4n) is 1.21. The lowest BCUT2D eigenvalue weighted by atomic mass is 10.2. The van der Waals surface area contributed by atoms with E-state index in [4.69, 9.17) is 5.11 Å². The van der Waals surface area contributed by atoms with Gasteiger partial charge in [0.2, 0.25) is 0 Å². The van der Waals surface area contributed by atoms with Crippen LogP contribution in [0, 0.1) is 0 Å². The van der Waals surface area contributed by atoms with Crippen LogP contribution in [0.1, 0.15) is 18.4 Å². The molecule has 0 saturated carbocycles. The summed E-state index contributed by atoms with van der Waals surface area (Å²) in [5, 5.41) is 8.40. The number of alkyl halides is 3. The summed E-state index contributed by atoms with van der Waals surface area (Å²) in [5.41, 5.74) is 0.676. The van der Waals surface area contributed by atoms with E-state index >= 15 is 0 Å². The first-order chi connectivity index (χ1) is 8.37. The quantitative estimate of drug-likeness (QED) is 0.881. The van der Waals surface area contributed by atoms with Crippen LogP contribution in [-0.4, -0.2) is 17.4 Å². The number of ether oxygens (including phenoxy) is 1. The summed E-state index contributed by atoms with van der Waals surface area (Å²) in [6.07, 6.45) is -1.02. The molecule has 0 unspecified atom stereocenters. The van der Waals surface area contributed by atoms with Gasteiger partial charge in [0.15, 0.2) is 0 Å². The predicted octanol–water partition coefficient (Wildman–Crippen LogP) is 3.46. The summed E-state index contributed by atoms with van der Waals surface area (Å²) in [4.78, 5) is 10.2.